The van der Waals surface area contributed by atoms with E-state index in [1.807, 2.05) is 38.1 Å². The summed E-state index contributed by atoms with van der Waals surface area (Å²) in [5, 5.41) is 0. The minimum absolute atomic E-state index is 0.00190. The van der Waals surface area contributed by atoms with Crippen LogP contribution in [0.25, 0.3) is 0 Å². The molecule has 1 aliphatic rings. The van der Waals surface area contributed by atoms with Crippen molar-refractivity contribution in [2.24, 2.45) is 0 Å². The van der Waals surface area contributed by atoms with Gasteiger partial charge in [0, 0.05) is 12.2 Å². The number of anilines is 1. The molecule has 1 atom stereocenters. The molecule has 2 rings (SSSR count). The summed E-state index contributed by atoms with van der Waals surface area (Å²) in [6, 6.07) is 7.67. The van der Waals surface area contributed by atoms with Gasteiger partial charge in [0.05, 0.1) is 12.5 Å². The van der Waals surface area contributed by atoms with E-state index < -0.39 is 10.2 Å². The van der Waals surface area contributed by atoms with Gasteiger partial charge in [-0.05, 0) is 25.5 Å². The zero-order chi connectivity index (χ0) is 14.2. The number of ether oxygens (including phenoxy) is 1. The number of benzene rings is 1. The molecule has 19 heavy (non-hydrogen) atoms. The lowest BCUT2D eigenvalue weighted by Crippen LogP contribution is -2.41. The highest BCUT2D eigenvalue weighted by Crippen LogP contribution is 2.41. The Hall–Kier alpha value is -1.36. The molecule has 0 saturated carbocycles. The molecule has 5 heteroatoms. The summed E-state index contributed by atoms with van der Waals surface area (Å²) < 4.78 is 4.67. The lowest BCUT2D eigenvalue weighted by molar-refractivity contribution is -0.139. The Morgan fingerprint density at radius 1 is 1.42 bits per heavy atom. The van der Waals surface area contributed by atoms with Gasteiger partial charge >= 0.3 is 5.97 Å². The molecule has 1 aliphatic heterocycles. The molecule has 1 aromatic rings. The normalized spacial score (nSPS) is 18.1. The summed E-state index contributed by atoms with van der Waals surface area (Å²) >= 11 is 3.26. The molecular formula is C14H16BrNO3. The van der Waals surface area contributed by atoms with Crippen molar-refractivity contribution >= 4 is 33.5 Å². The van der Waals surface area contributed by atoms with Crippen molar-refractivity contribution in [3.63, 3.8) is 0 Å². The van der Waals surface area contributed by atoms with E-state index in [2.05, 4.69) is 20.7 Å². The van der Waals surface area contributed by atoms with E-state index in [1.165, 1.54) is 7.11 Å². The molecule has 1 unspecified atom stereocenters. The molecule has 1 amide bonds. The maximum atomic E-state index is 12.5. The maximum Gasteiger partial charge on any atom is 0.321 e. The Labute approximate surface area is 120 Å². The third-order valence-corrected chi connectivity index (χ3v) is 4.11. The second-order valence-corrected chi connectivity index (χ2v) is 6.15. The van der Waals surface area contributed by atoms with Gasteiger partial charge in [-0.2, -0.15) is 0 Å². The fourth-order valence-corrected chi connectivity index (χ4v) is 2.82. The number of amides is 1. The molecule has 4 nitrogen and oxygen atoms in total. The highest BCUT2D eigenvalue weighted by molar-refractivity contribution is 9.10. The first-order valence-corrected chi connectivity index (χ1v) is 6.94. The molecule has 1 heterocycles. The molecule has 0 aliphatic carbocycles. The van der Waals surface area contributed by atoms with Crippen molar-refractivity contribution in [3.8, 4) is 0 Å². The first-order valence-electron chi connectivity index (χ1n) is 6.03. The largest absolute Gasteiger partial charge is 0.468 e. The molecule has 102 valence electrons. The predicted octanol–water partition coefficient (Wildman–Crippen LogP) is 2.25. The van der Waals surface area contributed by atoms with Crippen molar-refractivity contribution in [1.82, 2.24) is 0 Å². The number of carbonyl (C=O) groups excluding carboxylic acids is 2. The first kappa shape index (κ1) is 14.1. The number of alkyl halides is 1. The van der Waals surface area contributed by atoms with Crippen LogP contribution in [0, 0.1) is 0 Å². The van der Waals surface area contributed by atoms with Crippen molar-refractivity contribution in [3.05, 3.63) is 29.8 Å². The highest BCUT2D eigenvalue weighted by atomic mass is 79.9. The number of carbonyl (C=O) groups is 2. The van der Waals surface area contributed by atoms with Crippen LogP contribution in [0.2, 0.25) is 0 Å². The monoisotopic (exact) mass is 325 g/mol. The second kappa shape index (κ2) is 4.96. The zero-order valence-electron chi connectivity index (χ0n) is 11.1. The van der Waals surface area contributed by atoms with E-state index in [9.17, 15) is 9.59 Å². The van der Waals surface area contributed by atoms with Gasteiger partial charge in [-0.25, -0.2) is 0 Å². The van der Waals surface area contributed by atoms with Crippen LogP contribution in [-0.4, -0.2) is 30.4 Å². The van der Waals surface area contributed by atoms with Gasteiger partial charge in [-0.15, -0.1) is 0 Å². The molecule has 0 spiro atoms. The van der Waals surface area contributed by atoms with Crippen LogP contribution >= 0.6 is 15.9 Å². The Kier molecular flexibility index (Phi) is 3.67. The summed E-state index contributed by atoms with van der Waals surface area (Å²) in [4.78, 5) is 25.1. The lowest BCUT2D eigenvalue weighted by Gasteiger charge is -2.22. The van der Waals surface area contributed by atoms with E-state index in [0.717, 1.165) is 11.3 Å². The van der Waals surface area contributed by atoms with E-state index in [1.54, 1.807) is 4.90 Å². The summed E-state index contributed by atoms with van der Waals surface area (Å²) in [7, 11) is 1.33. The quantitative estimate of drug-likeness (QED) is 0.632. The zero-order valence-corrected chi connectivity index (χ0v) is 12.7. The number of para-hydroxylation sites is 1. The topological polar surface area (TPSA) is 46.6 Å². The van der Waals surface area contributed by atoms with Crippen LogP contribution in [-0.2, 0) is 19.7 Å². The fourth-order valence-electron chi connectivity index (χ4n) is 2.34. The highest BCUT2D eigenvalue weighted by Gasteiger charge is 2.44. The third kappa shape index (κ3) is 2.27. The summed E-state index contributed by atoms with van der Waals surface area (Å²) in [6.45, 7) is 4.07. The molecule has 0 fully saturated rings. The van der Waals surface area contributed by atoms with Crippen molar-refractivity contribution in [1.29, 1.82) is 0 Å². The van der Waals surface area contributed by atoms with Crippen molar-refractivity contribution in [2.75, 3.05) is 18.6 Å². The molecule has 0 radical (unpaired) electrons. The minimum atomic E-state index is -0.556. The Morgan fingerprint density at radius 2 is 2.05 bits per heavy atom. The maximum absolute atomic E-state index is 12.5. The Balaban J connectivity index is 2.33. The average Bonchev–Trinajstić information content (AvgIpc) is 2.59. The Bertz CT molecular complexity index is 527. The molecule has 0 bridgehead atoms. The standard InChI is InChI=1S/C14H16BrNO3/c1-14(2)9-6-4-5-7-11(9)16(13(14)18)8-10(15)12(17)19-3/h4-7,10H,8H2,1-3H3. The SMILES string of the molecule is COC(=O)C(Br)CN1C(=O)C(C)(C)c2ccccc21. The lowest BCUT2D eigenvalue weighted by atomic mass is 9.86. The van der Waals surface area contributed by atoms with Crippen LogP contribution in [0.4, 0.5) is 5.69 Å². The number of esters is 1. The van der Waals surface area contributed by atoms with Gasteiger partial charge in [0.1, 0.15) is 4.83 Å². The number of fused-ring (bicyclic) bond motifs is 1. The number of halogens is 1. The number of nitrogens with zero attached hydrogens (tertiary/aromatic N) is 1. The minimum Gasteiger partial charge on any atom is -0.468 e. The average molecular weight is 326 g/mol. The molecular weight excluding hydrogens is 310 g/mol. The predicted molar refractivity (Wildman–Crippen MR) is 76.6 cm³/mol. The van der Waals surface area contributed by atoms with E-state index in [4.69, 9.17) is 0 Å². The van der Waals surface area contributed by atoms with Crippen molar-refractivity contribution in [2.45, 2.75) is 24.1 Å². The van der Waals surface area contributed by atoms with Gasteiger partial charge < -0.3 is 9.64 Å². The van der Waals surface area contributed by atoms with Gasteiger partial charge in [0.25, 0.3) is 0 Å². The summed E-state index contributed by atoms with van der Waals surface area (Å²) in [5.74, 6) is -0.378. The third-order valence-electron chi connectivity index (χ3n) is 3.45. The van der Waals surface area contributed by atoms with E-state index in [0.29, 0.717) is 0 Å². The first-order chi connectivity index (χ1) is 8.89. The van der Waals surface area contributed by atoms with Gasteiger partial charge in [-0.3, -0.25) is 9.59 Å². The molecule has 0 saturated heterocycles. The van der Waals surface area contributed by atoms with Crippen LogP contribution in [0.1, 0.15) is 19.4 Å². The van der Waals surface area contributed by atoms with E-state index in [-0.39, 0.29) is 18.4 Å². The van der Waals surface area contributed by atoms with Crippen LogP contribution < -0.4 is 4.90 Å². The van der Waals surface area contributed by atoms with Crippen LogP contribution in [0.5, 0.6) is 0 Å². The van der Waals surface area contributed by atoms with Gasteiger partial charge in [-0.1, -0.05) is 34.1 Å². The summed E-state index contributed by atoms with van der Waals surface area (Å²) in [6.07, 6.45) is 0. The van der Waals surface area contributed by atoms with Gasteiger partial charge in [0.15, 0.2) is 0 Å². The van der Waals surface area contributed by atoms with E-state index >= 15 is 0 Å². The number of hydrogen-bond donors (Lipinski definition) is 0. The molecule has 0 aromatic heterocycles. The van der Waals surface area contributed by atoms with Gasteiger partial charge in [0.2, 0.25) is 5.91 Å². The second-order valence-electron chi connectivity index (χ2n) is 5.05. The van der Waals surface area contributed by atoms with Crippen LogP contribution in [0.15, 0.2) is 24.3 Å². The molecule has 1 aromatic carbocycles. The number of rotatable bonds is 3. The van der Waals surface area contributed by atoms with Crippen LogP contribution in [0.3, 0.4) is 0 Å². The Morgan fingerprint density at radius 3 is 2.68 bits per heavy atom. The number of hydrogen-bond acceptors (Lipinski definition) is 3. The molecule has 0 N–H and O–H groups in total. The number of methoxy groups -OCH3 is 1. The summed E-state index contributed by atoms with van der Waals surface area (Å²) in [5.41, 5.74) is 1.30. The van der Waals surface area contributed by atoms with Crippen molar-refractivity contribution < 1.29 is 14.3 Å². The fraction of sp³-hybridized carbons (Fsp3) is 0.429. The smallest absolute Gasteiger partial charge is 0.321 e.